The summed E-state index contributed by atoms with van der Waals surface area (Å²) in [7, 11) is 0. The van der Waals surface area contributed by atoms with Crippen LogP contribution >= 0.6 is 0 Å². The second-order valence-corrected chi connectivity index (χ2v) is 9.60. The fourth-order valence-electron chi connectivity index (χ4n) is 5.33. The molecule has 1 aliphatic carbocycles. The molecule has 0 amide bonds. The molecule has 1 saturated carbocycles. The summed E-state index contributed by atoms with van der Waals surface area (Å²) in [5, 5.41) is 1.70. The molecule has 0 N–H and O–H groups in total. The van der Waals surface area contributed by atoms with Crippen LogP contribution in [0.1, 0.15) is 69.9 Å². The highest BCUT2D eigenvalue weighted by molar-refractivity contribution is 5.88. The Bertz CT molecular complexity index is 1040. The molecule has 1 fully saturated rings. The fourth-order valence-corrected chi connectivity index (χ4v) is 5.33. The van der Waals surface area contributed by atoms with Crippen LogP contribution in [-0.2, 0) is 12.8 Å². The van der Waals surface area contributed by atoms with E-state index in [1.165, 1.54) is 62.5 Å². The number of fused-ring (bicyclic) bond motifs is 1. The van der Waals surface area contributed by atoms with Gasteiger partial charge in [0, 0.05) is 5.39 Å². The van der Waals surface area contributed by atoms with Crippen molar-refractivity contribution in [2.24, 2.45) is 11.8 Å². The number of rotatable bonds is 8. The molecule has 0 radical (unpaired) electrons. The Morgan fingerprint density at radius 3 is 2.22 bits per heavy atom. The Labute approximate surface area is 193 Å². The van der Waals surface area contributed by atoms with Gasteiger partial charge < -0.3 is 0 Å². The minimum absolute atomic E-state index is 0.0706. The van der Waals surface area contributed by atoms with E-state index in [1.54, 1.807) is 0 Å². The zero-order valence-electron chi connectivity index (χ0n) is 19.7. The predicted molar refractivity (Wildman–Crippen MR) is 137 cm³/mol. The second kappa shape index (κ2) is 10.9. The average molecular weight is 429 g/mol. The van der Waals surface area contributed by atoms with E-state index in [2.05, 4.69) is 55.5 Å². The first-order valence-corrected chi connectivity index (χ1v) is 12.6. The lowest BCUT2D eigenvalue weighted by Gasteiger charge is -2.28. The third-order valence-corrected chi connectivity index (χ3v) is 7.49. The van der Waals surface area contributed by atoms with Crippen molar-refractivity contribution in [2.45, 2.75) is 71.6 Å². The van der Waals surface area contributed by atoms with Gasteiger partial charge in [0.1, 0.15) is 5.82 Å². The maximum atomic E-state index is 14.6. The minimum Gasteiger partial charge on any atom is -0.206 e. The SMILES string of the molecule is C/C=C/CCC1CCC(CCc2ccc(-c3ccc4c(F)c(CC)ccc4c3)cc2)CC1. The van der Waals surface area contributed by atoms with Gasteiger partial charge in [0.15, 0.2) is 0 Å². The fraction of sp³-hybridized carbons (Fsp3) is 0.419. The second-order valence-electron chi connectivity index (χ2n) is 9.60. The van der Waals surface area contributed by atoms with Crippen LogP contribution in [0.3, 0.4) is 0 Å². The molecule has 0 nitrogen and oxygen atoms in total. The summed E-state index contributed by atoms with van der Waals surface area (Å²) in [5.41, 5.74) is 4.58. The van der Waals surface area contributed by atoms with Gasteiger partial charge in [-0.25, -0.2) is 4.39 Å². The van der Waals surface area contributed by atoms with E-state index in [0.29, 0.717) is 0 Å². The van der Waals surface area contributed by atoms with Crippen LogP contribution in [0, 0.1) is 17.7 Å². The molecule has 0 heterocycles. The Morgan fingerprint density at radius 2 is 1.53 bits per heavy atom. The molecule has 0 atom stereocenters. The zero-order chi connectivity index (χ0) is 22.3. The van der Waals surface area contributed by atoms with Crippen molar-refractivity contribution in [3.8, 4) is 11.1 Å². The lowest BCUT2D eigenvalue weighted by Crippen LogP contribution is -2.15. The van der Waals surface area contributed by atoms with E-state index in [1.807, 2.05) is 25.1 Å². The predicted octanol–water partition coefficient (Wildman–Crippen LogP) is 9.30. The lowest BCUT2D eigenvalue weighted by atomic mass is 9.78. The number of hydrogen-bond acceptors (Lipinski definition) is 0. The van der Waals surface area contributed by atoms with Crippen molar-refractivity contribution < 1.29 is 4.39 Å². The highest BCUT2D eigenvalue weighted by atomic mass is 19.1. The van der Waals surface area contributed by atoms with E-state index in [9.17, 15) is 4.39 Å². The smallest absolute Gasteiger partial charge is 0.134 e. The van der Waals surface area contributed by atoms with Crippen molar-refractivity contribution >= 4 is 10.8 Å². The molecule has 0 unspecified atom stereocenters. The molecular formula is C31H37F. The molecule has 0 saturated heterocycles. The van der Waals surface area contributed by atoms with Gasteiger partial charge in [-0.15, -0.1) is 0 Å². The van der Waals surface area contributed by atoms with Gasteiger partial charge in [0.25, 0.3) is 0 Å². The van der Waals surface area contributed by atoms with Crippen LogP contribution in [-0.4, -0.2) is 0 Å². The van der Waals surface area contributed by atoms with Gasteiger partial charge in [-0.1, -0.05) is 93.3 Å². The van der Waals surface area contributed by atoms with Crippen LogP contribution in [0.5, 0.6) is 0 Å². The molecule has 4 rings (SSSR count). The third-order valence-electron chi connectivity index (χ3n) is 7.49. The van der Waals surface area contributed by atoms with Gasteiger partial charge in [0.05, 0.1) is 0 Å². The largest absolute Gasteiger partial charge is 0.206 e. The summed E-state index contributed by atoms with van der Waals surface area (Å²) >= 11 is 0. The quantitative estimate of drug-likeness (QED) is 0.314. The van der Waals surface area contributed by atoms with Crippen LogP contribution in [0.4, 0.5) is 4.39 Å². The van der Waals surface area contributed by atoms with Gasteiger partial charge in [-0.3, -0.25) is 0 Å². The first-order valence-electron chi connectivity index (χ1n) is 12.6. The van der Waals surface area contributed by atoms with E-state index < -0.39 is 0 Å². The molecule has 0 bridgehead atoms. The van der Waals surface area contributed by atoms with E-state index in [4.69, 9.17) is 0 Å². The van der Waals surface area contributed by atoms with Crippen molar-refractivity contribution in [3.05, 3.63) is 83.7 Å². The summed E-state index contributed by atoms with van der Waals surface area (Å²) < 4.78 is 14.6. The van der Waals surface area contributed by atoms with Crippen LogP contribution in [0.2, 0.25) is 0 Å². The molecule has 0 aliphatic heterocycles. The van der Waals surface area contributed by atoms with Gasteiger partial charge in [-0.05, 0) is 84.6 Å². The first kappa shape index (κ1) is 22.8. The number of hydrogen-bond donors (Lipinski definition) is 0. The standard InChI is InChI=1S/C31H37F/c1-3-5-6-7-23-8-10-24(11-9-23)12-13-25-14-16-27(17-15-25)28-20-21-30-29(22-28)19-18-26(4-2)31(30)32/h3,5,14-24H,4,6-13H2,1-2H3/b5-3+. The van der Waals surface area contributed by atoms with E-state index in [-0.39, 0.29) is 5.82 Å². The topological polar surface area (TPSA) is 0 Å². The zero-order valence-corrected chi connectivity index (χ0v) is 19.7. The van der Waals surface area contributed by atoms with Gasteiger partial charge >= 0.3 is 0 Å². The normalized spacial score (nSPS) is 19.1. The van der Waals surface area contributed by atoms with Crippen molar-refractivity contribution in [3.63, 3.8) is 0 Å². The Hall–Kier alpha value is -2.41. The van der Waals surface area contributed by atoms with Crippen LogP contribution in [0.25, 0.3) is 21.9 Å². The molecule has 0 aromatic heterocycles. The number of benzene rings is 3. The molecule has 1 aliphatic rings. The van der Waals surface area contributed by atoms with Gasteiger partial charge in [-0.2, -0.15) is 0 Å². The summed E-state index contributed by atoms with van der Waals surface area (Å²) in [4.78, 5) is 0. The van der Waals surface area contributed by atoms with Crippen molar-refractivity contribution in [1.82, 2.24) is 0 Å². The Balaban J connectivity index is 1.33. The van der Waals surface area contributed by atoms with Gasteiger partial charge in [0.2, 0.25) is 0 Å². The minimum atomic E-state index is -0.0706. The van der Waals surface area contributed by atoms with Crippen molar-refractivity contribution in [2.75, 3.05) is 0 Å². The Morgan fingerprint density at radius 1 is 0.844 bits per heavy atom. The molecule has 0 spiro atoms. The molecule has 1 heteroatoms. The number of aryl methyl sites for hydroxylation is 2. The molecular weight excluding hydrogens is 391 g/mol. The maximum absolute atomic E-state index is 14.6. The third kappa shape index (κ3) is 5.49. The van der Waals surface area contributed by atoms with E-state index >= 15 is 0 Å². The first-order chi connectivity index (χ1) is 15.7. The summed E-state index contributed by atoms with van der Waals surface area (Å²) in [6, 6.07) is 19.1. The molecule has 168 valence electrons. The average Bonchev–Trinajstić information content (AvgIpc) is 2.84. The van der Waals surface area contributed by atoms with Crippen LogP contribution < -0.4 is 0 Å². The monoisotopic (exact) mass is 428 g/mol. The summed E-state index contributed by atoms with van der Waals surface area (Å²) in [6.45, 7) is 4.12. The summed E-state index contributed by atoms with van der Waals surface area (Å²) in [5.74, 6) is 1.78. The number of halogens is 1. The lowest BCUT2D eigenvalue weighted by molar-refractivity contribution is 0.254. The van der Waals surface area contributed by atoms with E-state index in [0.717, 1.165) is 40.2 Å². The molecule has 3 aromatic carbocycles. The summed E-state index contributed by atoms with van der Waals surface area (Å²) in [6.07, 6.45) is 16.0. The maximum Gasteiger partial charge on any atom is 0.134 e. The highest BCUT2D eigenvalue weighted by Crippen LogP contribution is 2.34. The van der Waals surface area contributed by atoms with Crippen LogP contribution in [0.15, 0.2) is 66.7 Å². The highest BCUT2D eigenvalue weighted by Gasteiger charge is 2.20. The van der Waals surface area contributed by atoms with Crippen molar-refractivity contribution in [1.29, 1.82) is 0 Å². The molecule has 32 heavy (non-hydrogen) atoms. The number of allylic oxidation sites excluding steroid dienone is 2. The Kier molecular flexibility index (Phi) is 7.79. The molecule has 3 aromatic rings.